The van der Waals surface area contributed by atoms with E-state index in [2.05, 4.69) is 10.7 Å². The first kappa shape index (κ1) is 11.9. The maximum atomic E-state index is 11.5. The molecule has 1 rings (SSSR count). The van der Waals surface area contributed by atoms with E-state index in [1.54, 1.807) is 0 Å². The third kappa shape index (κ3) is 3.17. The van der Waals surface area contributed by atoms with Crippen LogP contribution in [0.1, 0.15) is 19.8 Å². The Hall–Kier alpha value is -1.14. The van der Waals surface area contributed by atoms with E-state index in [0.717, 1.165) is 0 Å². The van der Waals surface area contributed by atoms with Gasteiger partial charge in [0, 0.05) is 26.1 Å². The predicted molar refractivity (Wildman–Crippen MR) is 55.6 cm³/mol. The molecule has 2 amide bonds. The molecule has 86 valence electrons. The predicted octanol–water partition coefficient (Wildman–Crippen LogP) is -1.42. The summed E-state index contributed by atoms with van der Waals surface area (Å²) >= 11 is 0. The first-order chi connectivity index (χ1) is 7.19. The molecule has 4 N–H and O–H groups in total. The highest BCUT2D eigenvalue weighted by Gasteiger charge is 2.25. The Labute approximate surface area is 89.1 Å². The van der Waals surface area contributed by atoms with Gasteiger partial charge in [0.2, 0.25) is 5.91 Å². The van der Waals surface area contributed by atoms with Gasteiger partial charge in [-0.05, 0) is 6.42 Å². The molecule has 1 atom stereocenters. The number of carbonyl (C=O) groups is 2. The first-order valence-electron chi connectivity index (χ1n) is 5.20. The van der Waals surface area contributed by atoms with Crippen LogP contribution in [-0.2, 0) is 9.59 Å². The normalized spacial score (nSPS) is 20.3. The van der Waals surface area contributed by atoms with Crippen LogP contribution in [0.25, 0.3) is 0 Å². The van der Waals surface area contributed by atoms with Crippen molar-refractivity contribution in [2.24, 2.45) is 5.84 Å². The number of rotatable bonds is 3. The second-order valence-corrected chi connectivity index (χ2v) is 3.57. The van der Waals surface area contributed by atoms with Crippen LogP contribution in [0.15, 0.2) is 0 Å². The SMILES string of the molecule is CCC(C(=O)NN)N1CCNC(=O)CC1. The molecule has 0 aromatic carbocycles. The number of hydrogen-bond acceptors (Lipinski definition) is 4. The topological polar surface area (TPSA) is 87.5 Å². The van der Waals surface area contributed by atoms with E-state index in [1.165, 1.54) is 0 Å². The summed E-state index contributed by atoms with van der Waals surface area (Å²) in [7, 11) is 0. The monoisotopic (exact) mass is 214 g/mol. The number of nitrogens with one attached hydrogen (secondary N) is 2. The van der Waals surface area contributed by atoms with Gasteiger partial charge in [0.05, 0.1) is 6.04 Å². The minimum atomic E-state index is -0.234. The Kier molecular flexibility index (Phi) is 4.51. The van der Waals surface area contributed by atoms with Gasteiger partial charge >= 0.3 is 0 Å². The molecule has 1 fully saturated rings. The highest BCUT2D eigenvalue weighted by Crippen LogP contribution is 2.06. The number of hydrazine groups is 1. The lowest BCUT2D eigenvalue weighted by Gasteiger charge is -2.27. The molecule has 15 heavy (non-hydrogen) atoms. The van der Waals surface area contributed by atoms with E-state index >= 15 is 0 Å². The lowest BCUT2D eigenvalue weighted by atomic mass is 10.1. The van der Waals surface area contributed by atoms with Crippen molar-refractivity contribution < 1.29 is 9.59 Å². The molecular formula is C9H18N4O2. The molecule has 6 nitrogen and oxygen atoms in total. The summed E-state index contributed by atoms with van der Waals surface area (Å²) in [5.74, 6) is 4.97. The minimum absolute atomic E-state index is 0.0421. The van der Waals surface area contributed by atoms with Crippen molar-refractivity contribution in [2.75, 3.05) is 19.6 Å². The van der Waals surface area contributed by atoms with E-state index in [1.807, 2.05) is 11.8 Å². The minimum Gasteiger partial charge on any atom is -0.355 e. The standard InChI is InChI=1S/C9H18N4O2/c1-2-7(9(15)12-10)13-5-3-8(14)11-4-6-13/h7H,2-6,10H2,1H3,(H,11,14)(H,12,15). The molecule has 0 aromatic heterocycles. The van der Waals surface area contributed by atoms with Gasteiger partial charge in [-0.15, -0.1) is 0 Å². The molecule has 1 heterocycles. The van der Waals surface area contributed by atoms with Crippen LogP contribution in [0.5, 0.6) is 0 Å². The van der Waals surface area contributed by atoms with Gasteiger partial charge in [-0.1, -0.05) is 6.92 Å². The fourth-order valence-electron chi connectivity index (χ4n) is 1.80. The number of nitrogens with zero attached hydrogens (tertiary/aromatic N) is 1. The van der Waals surface area contributed by atoms with Gasteiger partial charge < -0.3 is 5.32 Å². The van der Waals surface area contributed by atoms with Crippen LogP contribution in [-0.4, -0.2) is 42.4 Å². The smallest absolute Gasteiger partial charge is 0.251 e. The fourth-order valence-corrected chi connectivity index (χ4v) is 1.80. The second kappa shape index (κ2) is 5.67. The zero-order valence-corrected chi connectivity index (χ0v) is 8.95. The summed E-state index contributed by atoms with van der Waals surface area (Å²) in [4.78, 5) is 24.6. The van der Waals surface area contributed by atoms with E-state index in [9.17, 15) is 9.59 Å². The molecule has 1 unspecified atom stereocenters. The van der Waals surface area contributed by atoms with Crippen molar-refractivity contribution in [3.63, 3.8) is 0 Å². The van der Waals surface area contributed by atoms with Crippen molar-refractivity contribution in [2.45, 2.75) is 25.8 Å². The average Bonchev–Trinajstić information content (AvgIpc) is 2.45. The summed E-state index contributed by atoms with van der Waals surface area (Å²) in [6.45, 7) is 3.82. The first-order valence-corrected chi connectivity index (χ1v) is 5.20. The molecular weight excluding hydrogens is 196 g/mol. The highest BCUT2D eigenvalue weighted by atomic mass is 16.2. The van der Waals surface area contributed by atoms with E-state index in [4.69, 9.17) is 5.84 Å². The number of nitrogens with two attached hydrogens (primary N) is 1. The maximum Gasteiger partial charge on any atom is 0.251 e. The Morgan fingerprint density at radius 2 is 2.40 bits per heavy atom. The molecule has 0 aromatic rings. The van der Waals surface area contributed by atoms with Gasteiger partial charge in [-0.2, -0.15) is 0 Å². The largest absolute Gasteiger partial charge is 0.355 e. The van der Waals surface area contributed by atoms with Crippen molar-refractivity contribution in [3.8, 4) is 0 Å². The fraction of sp³-hybridized carbons (Fsp3) is 0.778. The number of amides is 2. The van der Waals surface area contributed by atoms with Crippen molar-refractivity contribution in [3.05, 3.63) is 0 Å². The van der Waals surface area contributed by atoms with Crippen molar-refractivity contribution in [1.82, 2.24) is 15.6 Å². The van der Waals surface area contributed by atoms with Crippen LogP contribution in [0.2, 0.25) is 0 Å². The molecule has 1 aliphatic rings. The molecule has 0 radical (unpaired) electrons. The molecule has 1 saturated heterocycles. The van der Waals surface area contributed by atoms with Crippen LogP contribution in [0.4, 0.5) is 0 Å². The lowest BCUT2D eigenvalue weighted by Crippen LogP contribution is -2.49. The maximum absolute atomic E-state index is 11.5. The summed E-state index contributed by atoms with van der Waals surface area (Å²) in [5, 5.41) is 2.77. The zero-order chi connectivity index (χ0) is 11.3. The number of carbonyl (C=O) groups excluding carboxylic acids is 2. The summed E-state index contributed by atoms with van der Waals surface area (Å²) in [6, 6.07) is -0.234. The third-order valence-electron chi connectivity index (χ3n) is 2.62. The van der Waals surface area contributed by atoms with Gasteiger partial charge in [-0.25, -0.2) is 5.84 Å². The van der Waals surface area contributed by atoms with E-state index < -0.39 is 0 Å². The Morgan fingerprint density at radius 1 is 1.67 bits per heavy atom. The van der Waals surface area contributed by atoms with Crippen LogP contribution in [0.3, 0.4) is 0 Å². The molecule has 0 spiro atoms. The van der Waals surface area contributed by atoms with Crippen molar-refractivity contribution in [1.29, 1.82) is 0 Å². The Morgan fingerprint density at radius 3 is 3.00 bits per heavy atom. The average molecular weight is 214 g/mol. The zero-order valence-electron chi connectivity index (χ0n) is 8.95. The van der Waals surface area contributed by atoms with Gasteiger partial charge in [0.25, 0.3) is 5.91 Å². The summed E-state index contributed by atoms with van der Waals surface area (Å²) in [6.07, 6.45) is 1.13. The van der Waals surface area contributed by atoms with Gasteiger partial charge in [0.15, 0.2) is 0 Å². The molecule has 1 aliphatic heterocycles. The van der Waals surface area contributed by atoms with Crippen LogP contribution >= 0.6 is 0 Å². The van der Waals surface area contributed by atoms with Crippen molar-refractivity contribution >= 4 is 11.8 Å². The third-order valence-corrected chi connectivity index (χ3v) is 2.62. The summed E-state index contributed by atoms with van der Waals surface area (Å²) < 4.78 is 0. The van der Waals surface area contributed by atoms with Crippen LogP contribution < -0.4 is 16.6 Å². The van der Waals surface area contributed by atoms with Crippen LogP contribution in [0, 0.1) is 0 Å². The van der Waals surface area contributed by atoms with Gasteiger partial charge in [-0.3, -0.25) is 19.9 Å². The Balaban J connectivity index is 2.59. The summed E-state index contributed by atoms with van der Waals surface area (Å²) in [5.41, 5.74) is 2.16. The molecule has 6 heteroatoms. The molecule has 0 aliphatic carbocycles. The molecule has 0 saturated carbocycles. The van der Waals surface area contributed by atoms with E-state index in [0.29, 0.717) is 32.5 Å². The highest BCUT2D eigenvalue weighted by molar-refractivity contribution is 5.81. The second-order valence-electron chi connectivity index (χ2n) is 3.57. The number of hydrogen-bond donors (Lipinski definition) is 3. The molecule has 0 bridgehead atoms. The lowest BCUT2D eigenvalue weighted by molar-refractivity contribution is -0.127. The van der Waals surface area contributed by atoms with E-state index in [-0.39, 0.29) is 17.9 Å². The Bertz CT molecular complexity index is 244. The quantitative estimate of drug-likeness (QED) is 0.305. The van der Waals surface area contributed by atoms with Gasteiger partial charge in [0.1, 0.15) is 0 Å².